The molecule has 0 aliphatic heterocycles. The van der Waals surface area contributed by atoms with Crippen LogP contribution in [0, 0.1) is 6.92 Å². The molecule has 3 rings (SSSR count). The van der Waals surface area contributed by atoms with Crippen LogP contribution in [-0.2, 0) is 10.0 Å². The summed E-state index contributed by atoms with van der Waals surface area (Å²) >= 11 is 6.01. The first kappa shape index (κ1) is 18.9. The first-order valence-electron chi connectivity index (χ1n) is 8.11. The lowest BCUT2D eigenvalue weighted by Crippen LogP contribution is -2.15. The zero-order valence-electron chi connectivity index (χ0n) is 14.4. The second-order valence-corrected chi connectivity index (χ2v) is 7.97. The van der Waals surface area contributed by atoms with E-state index in [1.807, 2.05) is 19.1 Å². The molecule has 5 nitrogen and oxygen atoms in total. The quantitative estimate of drug-likeness (QED) is 0.651. The second-order valence-electron chi connectivity index (χ2n) is 5.88. The zero-order chi connectivity index (χ0) is 19.4. The number of aryl methyl sites for hydroxylation is 1. The summed E-state index contributed by atoms with van der Waals surface area (Å²) in [5, 5.41) is 3.04. The number of hydrogen-bond acceptors (Lipinski definition) is 3. The molecule has 0 aliphatic carbocycles. The molecule has 27 heavy (non-hydrogen) atoms. The van der Waals surface area contributed by atoms with Crippen molar-refractivity contribution in [1.29, 1.82) is 0 Å². The molecule has 0 radical (unpaired) electrons. The van der Waals surface area contributed by atoms with E-state index in [4.69, 9.17) is 11.6 Å². The number of carbonyl (C=O) groups is 1. The molecule has 0 bridgehead atoms. The summed E-state index contributed by atoms with van der Waals surface area (Å²) in [5.41, 5.74) is 2.16. The molecule has 0 heterocycles. The van der Waals surface area contributed by atoms with Crippen LogP contribution in [0.1, 0.15) is 15.9 Å². The van der Waals surface area contributed by atoms with Gasteiger partial charge in [0.05, 0.1) is 21.2 Å². The Kier molecular flexibility index (Phi) is 5.48. The average molecular weight is 401 g/mol. The molecule has 0 fully saturated rings. The minimum atomic E-state index is -3.72. The predicted octanol–water partition coefficient (Wildman–Crippen LogP) is 4.70. The number of benzene rings is 3. The number of carbonyl (C=O) groups excluding carboxylic acids is 1. The van der Waals surface area contributed by atoms with Gasteiger partial charge in [-0.2, -0.15) is 0 Å². The van der Waals surface area contributed by atoms with Gasteiger partial charge in [0.15, 0.2) is 0 Å². The maximum absolute atomic E-state index is 12.5. The molecule has 2 N–H and O–H groups in total. The molecule has 0 atom stereocenters. The van der Waals surface area contributed by atoms with Crippen molar-refractivity contribution in [1.82, 2.24) is 0 Å². The highest BCUT2D eigenvalue weighted by atomic mass is 35.5. The van der Waals surface area contributed by atoms with Gasteiger partial charge in [0.2, 0.25) is 0 Å². The lowest BCUT2D eigenvalue weighted by molar-refractivity contribution is 0.102. The van der Waals surface area contributed by atoms with Crippen LogP contribution < -0.4 is 10.0 Å². The number of hydrogen-bond donors (Lipinski definition) is 2. The van der Waals surface area contributed by atoms with Gasteiger partial charge in [-0.25, -0.2) is 8.42 Å². The first-order chi connectivity index (χ1) is 12.9. The number of amides is 1. The Morgan fingerprint density at radius 3 is 2.19 bits per heavy atom. The molecule has 7 heteroatoms. The molecule has 3 aromatic carbocycles. The highest BCUT2D eigenvalue weighted by Crippen LogP contribution is 2.22. The van der Waals surface area contributed by atoms with Crippen molar-refractivity contribution in [3.05, 3.63) is 88.9 Å². The third-order valence-corrected chi connectivity index (χ3v) is 5.64. The molecule has 3 aromatic rings. The molecule has 1 amide bonds. The Labute approximate surface area is 163 Å². The van der Waals surface area contributed by atoms with E-state index >= 15 is 0 Å². The third kappa shape index (κ3) is 4.48. The standard InChI is InChI=1S/C20H17ClN2O3S/c1-14-6-2-5-9-19(14)23-27(25,26)16-12-10-15(11-13-16)22-20(24)17-7-3-4-8-18(17)21/h2-13,23H,1H3,(H,22,24). The van der Waals surface area contributed by atoms with Gasteiger partial charge >= 0.3 is 0 Å². The molecular formula is C20H17ClN2O3S. The molecule has 0 aromatic heterocycles. The maximum Gasteiger partial charge on any atom is 0.261 e. The minimum absolute atomic E-state index is 0.0986. The van der Waals surface area contributed by atoms with Crippen LogP contribution in [0.25, 0.3) is 0 Å². The van der Waals surface area contributed by atoms with Crippen molar-refractivity contribution in [3.63, 3.8) is 0 Å². The maximum atomic E-state index is 12.5. The van der Waals surface area contributed by atoms with Crippen LogP contribution in [0.15, 0.2) is 77.7 Å². The summed E-state index contributed by atoms with van der Waals surface area (Å²) in [5.74, 6) is -0.366. The van der Waals surface area contributed by atoms with Crippen molar-refractivity contribution in [2.75, 3.05) is 10.0 Å². The van der Waals surface area contributed by atoms with Gasteiger partial charge in [0, 0.05) is 5.69 Å². The number of anilines is 2. The van der Waals surface area contributed by atoms with E-state index in [0.29, 0.717) is 22.0 Å². The van der Waals surface area contributed by atoms with Gasteiger partial charge in [-0.1, -0.05) is 41.9 Å². The highest BCUT2D eigenvalue weighted by molar-refractivity contribution is 7.92. The van der Waals surface area contributed by atoms with Gasteiger partial charge in [-0.15, -0.1) is 0 Å². The fraction of sp³-hybridized carbons (Fsp3) is 0.0500. The summed E-state index contributed by atoms with van der Waals surface area (Å²) < 4.78 is 27.6. The normalized spacial score (nSPS) is 11.0. The lowest BCUT2D eigenvalue weighted by Gasteiger charge is -2.11. The molecule has 0 saturated carbocycles. The van der Waals surface area contributed by atoms with E-state index in [1.165, 1.54) is 24.3 Å². The van der Waals surface area contributed by atoms with Crippen molar-refractivity contribution in [2.24, 2.45) is 0 Å². The van der Waals surface area contributed by atoms with E-state index in [0.717, 1.165) is 5.56 Å². The molecular weight excluding hydrogens is 384 g/mol. The number of para-hydroxylation sites is 1. The van der Waals surface area contributed by atoms with Crippen LogP contribution in [0.2, 0.25) is 5.02 Å². The summed E-state index contributed by atoms with van der Waals surface area (Å²) in [6.45, 7) is 1.82. The third-order valence-electron chi connectivity index (χ3n) is 3.93. The van der Waals surface area contributed by atoms with E-state index in [1.54, 1.807) is 36.4 Å². The molecule has 0 spiro atoms. The van der Waals surface area contributed by atoms with Crippen molar-refractivity contribution >= 4 is 38.9 Å². The van der Waals surface area contributed by atoms with Crippen LogP contribution in [-0.4, -0.2) is 14.3 Å². The van der Waals surface area contributed by atoms with Gasteiger partial charge in [-0.05, 0) is 55.0 Å². The van der Waals surface area contributed by atoms with Crippen molar-refractivity contribution in [2.45, 2.75) is 11.8 Å². The fourth-order valence-corrected chi connectivity index (χ4v) is 3.80. The number of rotatable bonds is 5. The Morgan fingerprint density at radius 1 is 0.889 bits per heavy atom. The minimum Gasteiger partial charge on any atom is -0.322 e. The average Bonchev–Trinajstić information content (AvgIpc) is 2.64. The Hall–Kier alpha value is -2.83. The fourth-order valence-electron chi connectivity index (χ4n) is 2.45. The SMILES string of the molecule is Cc1ccccc1NS(=O)(=O)c1ccc(NC(=O)c2ccccc2Cl)cc1. The van der Waals surface area contributed by atoms with E-state index in [2.05, 4.69) is 10.0 Å². The molecule has 0 saturated heterocycles. The van der Waals surface area contributed by atoms with E-state index < -0.39 is 10.0 Å². The van der Waals surface area contributed by atoms with E-state index in [9.17, 15) is 13.2 Å². The summed E-state index contributed by atoms with van der Waals surface area (Å²) in [7, 11) is -3.72. The number of halogens is 1. The predicted molar refractivity (Wildman–Crippen MR) is 108 cm³/mol. The van der Waals surface area contributed by atoms with Crippen LogP contribution in [0.5, 0.6) is 0 Å². The topological polar surface area (TPSA) is 75.3 Å². The monoisotopic (exact) mass is 400 g/mol. The van der Waals surface area contributed by atoms with Crippen LogP contribution in [0.3, 0.4) is 0 Å². The number of nitrogens with one attached hydrogen (secondary N) is 2. The van der Waals surface area contributed by atoms with Crippen LogP contribution >= 0.6 is 11.6 Å². The molecule has 138 valence electrons. The zero-order valence-corrected chi connectivity index (χ0v) is 16.0. The first-order valence-corrected chi connectivity index (χ1v) is 9.97. The van der Waals surface area contributed by atoms with Gasteiger partial charge in [0.1, 0.15) is 0 Å². The van der Waals surface area contributed by atoms with E-state index in [-0.39, 0.29) is 10.8 Å². The van der Waals surface area contributed by atoms with Gasteiger partial charge in [0.25, 0.3) is 15.9 Å². The Morgan fingerprint density at radius 2 is 1.52 bits per heavy atom. The lowest BCUT2D eigenvalue weighted by atomic mass is 10.2. The second kappa shape index (κ2) is 7.82. The Balaban J connectivity index is 1.76. The summed E-state index contributed by atoms with van der Waals surface area (Å²) in [4.78, 5) is 12.4. The van der Waals surface area contributed by atoms with Crippen LogP contribution in [0.4, 0.5) is 11.4 Å². The summed E-state index contributed by atoms with van der Waals surface area (Å²) in [6, 6.07) is 19.7. The van der Waals surface area contributed by atoms with Crippen molar-refractivity contribution in [3.8, 4) is 0 Å². The van der Waals surface area contributed by atoms with Gasteiger partial charge in [-0.3, -0.25) is 9.52 Å². The summed E-state index contributed by atoms with van der Waals surface area (Å²) in [6.07, 6.45) is 0. The molecule has 0 aliphatic rings. The highest BCUT2D eigenvalue weighted by Gasteiger charge is 2.16. The van der Waals surface area contributed by atoms with Gasteiger partial charge < -0.3 is 5.32 Å². The Bertz CT molecular complexity index is 1080. The smallest absolute Gasteiger partial charge is 0.261 e. The molecule has 0 unspecified atom stereocenters. The number of sulfonamides is 1. The van der Waals surface area contributed by atoms with Crippen molar-refractivity contribution < 1.29 is 13.2 Å². The largest absolute Gasteiger partial charge is 0.322 e.